The van der Waals surface area contributed by atoms with Crippen LogP contribution in [0.25, 0.3) is 11.0 Å². The van der Waals surface area contributed by atoms with Crippen LogP contribution in [0, 0.1) is 0 Å². The molecule has 52 valence electrons. The molecule has 4 heteroatoms. The van der Waals surface area contributed by atoms with Gasteiger partial charge in [0.25, 0.3) is 0 Å². The smallest absolute Gasteiger partial charge is 0.0805 e. The molecule has 4 N–H and O–H groups in total. The Morgan fingerprint density at radius 2 is 1.30 bits per heavy atom. The van der Waals surface area contributed by atoms with E-state index in [1.54, 1.807) is 0 Å². The molecule has 0 unspecified atom stereocenters. The summed E-state index contributed by atoms with van der Waals surface area (Å²) < 4.78 is 0. The lowest BCUT2D eigenvalue weighted by atomic mass is 10.3. The van der Waals surface area contributed by atoms with Crippen molar-refractivity contribution >= 4 is 11.0 Å². The Hall–Kier alpha value is -1.58. The number of hydrogen-bond donors (Lipinski definition) is 4. The average Bonchev–Trinajstić information content (AvgIpc) is 2.05. The Labute approximate surface area is 56.9 Å². The molecule has 0 saturated carbocycles. The summed E-state index contributed by atoms with van der Waals surface area (Å²) in [5, 5.41) is 11.3. The van der Waals surface area contributed by atoms with E-state index in [4.69, 9.17) is 0 Å². The number of rotatable bonds is 0. The third kappa shape index (κ3) is 0.699. The zero-order valence-corrected chi connectivity index (χ0v) is 5.31. The molecule has 1 heterocycles. The number of aromatic nitrogens is 4. The standard InChI is InChI=1S/C6H8N4/c1-2-4-6-5(3-1)7-9-10-8-6/h1-4,7-10H. The van der Waals surface area contributed by atoms with E-state index < -0.39 is 0 Å². The quantitative estimate of drug-likeness (QED) is 0.421. The molecule has 1 aromatic heterocycles. The largest absolute Gasteiger partial charge is 0.284 e. The second-order valence-electron chi connectivity index (χ2n) is 2.05. The van der Waals surface area contributed by atoms with Crippen LogP contribution >= 0.6 is 0 Å². The van der Waals surface area contributed by atoms with E-state index in [-0.39, 0.29) is 0 Å². The number of hydrogen-bond acceptors (Lipinski definition) is 0. The summed E-state index contributed by atoms with van der Waals surface area (Å²) in [6.07, 6.45) is 0. The summed E-state index contributed by atoms with van der Waals surface area (Å²) in [5.74, 6) is 0. The Balaban J connectivity index is 2.89. The Morgan fingerprint density at radius 3 is 1.80 bits per heavy atom. The van der Waals surface area contributed by atoms with Gasteiger partial charge in [-0.3, -0.25) is 10.2 Å². The molecule has 0 atom stereocenters. The van der Waals surface area contributed by atoms with Gasteiger partial charge in [0.1, 0.15) is 0 Å². The summed E-state index contributed by atoms with van der Waals surface area (Å²) in [7, 11) is 0. The van der Waals surface area contributed by atoms with Gasteiger partial charge in [0.05, 0.1) is 11.0 Å². The van der Waals surface area contributed by atoms with Crippen molar-refractivity contribution in [3.63, 3.8) is 0 Å². The number of fused-ring (bicyclic) bond motifs is 1. The predicted molar refractivity (Wildman–Crippen MR) is 39.0 cm³/mol. The van der Waals surface area contributed by atoms with E-state index in [2.05, 4.69) is 20.6 Å². The summed E-state index contributed by atoms with van der Waals surface area (Å²) in [6.45, 7) is 0. The first-order valence-corrected chi connectivity index (χ1v) is 3.08. The summed E-state index contributed by atoms with van der Waals surface area (Å²) in [6, 6.07) is 7.91. The van der Waals surface area contributed by atoms with Crippen LogP contribution in [-0.4, -0.2) is 20.6 Å². The molecule has 0 aliphatic rings. The van der Waals surface area contributed by atoms with Crippen LogP contribution in [0.5, 0.6) is 0 Å². The fourth-order valence-corrected chi connectivity index (χ4v) is 0.898. The zero-order chi connectivity index (χ0) is 6.81. The van der Waals surface area contributed by atoms with Crippen molar-refractivity contribution in [2.24, 2.45) is 0 Å². The van der Waals surface area contributed by atoms with E-state index in [0.29, 0.717) is 0 Å². The highest BCUT2D eigenvalue weighted by Gasteiger charge is 1.85. The van der Waals surface area contributed by atoms with Crippen LogP contribution in [0.4, 0.5) is 0 Å². The maximum atomic E-state index is 2.94. The van der Waals surface area contributed by atoms with Gasteiger partial charge in [0.15, 0.2) is 0 Å². The van der Waals surface area contributed by atoms with Crippen molar-refractivity contribution in [2.75, 3.05) is 0 Å². The highest BCUT2D eigenvalue weighted by Crippen LogP contribution is 2.02. The van der Waals surface area contributed by atoms with Crippen molar-refractivity contribution in [3.05, 3.63) is 24.3 Å². The number of aromatic amines is 4. The van der Waals surface area contributed by atoms with Gasteiger partial charge in [0.2, 0.25) is 0 Å². The van der Waals surface area contributed by atoms with Crippen LogP contribution in [0.3, 0.4) is 0 Å². The second-order valence-corrected chi connectivity index (χ2v) is 2.05. The first kappa shape index (κ1) is 5.22. The summed E-state index contributed by atoms with van der Waals surface area (Å²) >= 11 is 0. The van der Waals surface area contributed by atoms with E-state index in [1.165, 1.54) is 0 Å². The molecule has 0 aliphatic carbocycles. The van der Waals surface area contributed by atoms with Gasteiger partial charge in [-0.1, -0.05) is 12.1 Å². The number of benzene rings is 1. The predicted octanol–water partition coefficient (Wildman–Crippen LogP) is 1.28. The average molecular weight is 136 g/mol. The highest BCUT2D eigenvalue weighted by atomic mass is 15.4. The molecular weight excluding hydrogens is 128 g/mol. The maximum absolute atomic E-state index is 2.94. The molecule has 4 nitrogen and oxygen atoms in total. The number of para-hydroxylation sites is 2. The summed E-state index contributed by atoms with van der Waals surface area (Å²) in [4.78, 5) is 0. The summed E-state index contributed by atoms with van der Waals surface area (Å²) in [5.41, 5.74) is 2.09. The Kier molecular flexibility index (Phi) is 1.04. The molecule has 10 heavy (non-hydrogen) atoms. The molecular formula is C6H8N4. The number of nitrogens with one attached hydrogen (secondary N) is 4. The van der Waals surface area contributed by atoms with Gasteiger partial charge >= 0.3 is 0 Å². The topological polar surface area (TPSA) is 63.2 Å². The molecule has 2 rings (SSSR count). The Bertz CT molecular complexity index is 281. The lowest BCUT2D eigenvalue weighted by Gasteiger charge is -1.95. The van der Waals surface area contributed by atoms with Crippen LogP contribution < -0.4 is 0 Å². The van der Waals surface area contributed by atoms with Gasteiger partial charge in [-0.05, 0) is 12.1 Å². The minimum atomic E-state index is 1.04. The molecule has 2 aromatic rings. The molecule has 0 spiro atoms. The van der Waals surface area contributed by atoms with Crippen LogP contribution in [0.1, 0.15) is 0 Å². The fraction of sp³-hybridized carbons (Fsp3) is 0. The first-order valence-electron chi connectivity index (χ1n) is 3.08. The van der Waals surface area contributed by atoms with E-state index in [0.717, 1.165) is 11.0 Å². The second kappa shape index (κ2) is 1.98. The third-order valence-corrected chi connectivity index (χ3v) is 1.38. The minimum absolute atomic E-state index is 1.04. The molecule has 1 aromatic carbocycles. The molecule has 0 saturated heterocycles. The third-order valence-electron chi connectivity index (χ3n) is 1.38. The van der Waals surface area contributed by atoms with Crippen LogP contribution in [0.2, 0.25) is 0 Å². The van der Waals surface area contributed by atoms with Crippen molar-refractivity contribution in [1.82, 2.24) is 20.6 Å². The lowest BCUT2D eigenvalue weighted by molar-refractivity contribution is 0.797. The van der Waals surface area contributed by atoms with Gasteiger partial charge in [-0.15, -0.1) is 0 Å². The monoisotopic (exact) mass is 136 g/mol. The van der Waals surface area contributed by atoms with Crippen molar-refractivity contribution in [2.45, 2.75) is 0 Å². The number of H-pyrrole nitrogens is 4. The lowest BCUT2D eigenvalue weighted by Crippen LogP contribution is -1.90. The highest BCUT2D eigenvalue weighted by molar-refractivity contribution is 5.72. The van der Waals surface area contributed by atoms with Gasteiger partial charge in [0, 0.05) is 0 Å². The Morgan fingerprint density at radius 1 is 0.800 bits per heavy atom. The van der Waals surface area contributed by atoms with Gasteiger partial charge in [-0.2, -0.15) is 0 Å². The molecule has 0 radical (unpaired) electrons. The molecule has 0 bridgehead atoms. The van der Waals surface area contributed by atoms with Crippen molar-refractivity contribution < 1.29 is 0 Å². The van der Waals surface area contributed by atoms with Gasteiger partial charge in [-0.25, -0.2) is 10.4 Å². The maximum Gasteiger partial charge on any atom is 0.0805 e. The van der Waals surface area contributed by atoms with Crippen molar-refractivity contribution in [1.29, 1.82) is 0 Å². The fourth-order valence-electron chi connectivity index (χ4n) is 0.898. The minimum Gasteiger partial charge on any atom is -0.284 e. The molecule has 0 aliphatic heterocycles. The first-order chi connectivity index (χ1) is 4.97. The van der Waals surface area contributed by atoms with Crippen LogP contribution in [-0.2, 0) is 0 Å². The van der Waals surface area contributed by atoms with E-state index >= 15 is 0 Å². The van der Waals surface area contributed by atoms with E-state index in [1.807, 2.05) is 24.3 Å². The van der Waals surface area contributed by atoms with Crippen molar-refractivity contribution in [3.8, 4) is 0 Å². The SMILES string of the molecule is c1ccc2[nH][nH][nH][nH]c2c1. The molecule has 0 amide bonds. The zero-order valence-electron chi connectivity index (χ0n) is 5.31. The normalized spacial score (nSPS) is 10.0. The van der Waals surface area contributed by atoms with Gasteiger partial charge < -0.3 is 0 Å². The van der Waals surface area contributed by atoms with Crippen LogP contribution in [0.15, 0.2) is 24.3 Å². The van der Waals surface area contributed by atoms with E-state index in [9.17, 15) is 0 Å². The molecule has 0 fully saturated rings.